The number of nitrogens with one attached hydrogen (secondary N) is 1. The molecule has 0 saturated carbocycles. The molecular weight excluding hydrogens is 322 g/mol. The first kappa shape index (κ1) is 16.9. The van der Waals surface area contributed by atoms with E-state index in [9.17, 15) is 4.79 Å². The Morgan fingerprint density at radius 1 is 1.60 bits per heavy atom. The maximum atomic E-state index is 12.0. The molecule has 0 aliphatic carbocycles. The van der Waals surface area contributed by atoms with Crippen LogP contribution in [0.2, 0.25) is 0 Å². The summed E-state index contributed by atoms with van der Waals surface area (Å²) in [6, 6.07) is 0. The summed E-state index contributed by atoms with van der Waals surface area (Å²) >= 11 is 3.33. The molecule has 1 heterocycles. The van der Waals surface area contributed by atoms with Crippen molar-refractivity contribution in [1.82, 2.24) is 9.78 Å². The van der Waals surface area contributed by atoms with E-state index in [4.69, 9.17) is 4.74 Å². The minimum absolute atomic E-state index is 0.0748. The highest BCUT2D eigenvalue weighted by atomic mass is 79.9. The molecule has 6 heteroatoms. The molecule has 0 unspecified atom stereocenters. The summed E-state index contributed by atoms with van der Waals surface area (Å²) < 4.78 is 6.96. The second-order valence-electron chi connectivity index (χ2n) is 5.41. The third kappa shape index (κ3) is 4.76. The van der Waals surface area contributed by atoms with Crippen molar-refractivity contribution < 1.29 is 4.74 Å². The lowest BCUT2D eigenvalue weighted by Crippen LogP contribution is -2.28. The van der Waals surface area contributed by atoms with Crippen LogP contribution < -0.4 is 10.9 Å². The number of hydrogen-bond donors (Lipinski definition) is 1. The minimum Gasteiger partial charge on any atom is -0.385 e. The van der Waals surface area contributed by atoms with Crippen molar-refractivity contribution in [3.05, 3.63) is 33.7 Å². The first-order valence-electron chi connectivity index (χ1n) is 6.50. The van der Waals surface area contributed by atoms with E-state index in [2.05, 4.69) is 46.8 Å². The van der Waals surface area contributed by atoms with Gasteiger partial charge in [-0.15, -0.1) is 6.58 Å². The van der Waals surface area contributed by atoms with Crippen molar-refractivity contribution in [2.45, 2.75) is 26.8 Å². The molecule has 0 amide bonds. The van der Waals surface area contributed by atoms with Crippen molar-refractivity contribution in [2.24, 2.45) is 5.41 Å². The van der Waals surface area contributed by atoms with E-state index in [1.54, 1.807) is 19.4 Å². The Kier molecular flexibility index (Phi) is 6.42. The molecule has 1 aromatic heterocycles. The summed E-state index contributed by atoms with van der Waals surface area (Å²) in [6.45, 7) is 9.76. The standard InChI is InChI=1S/C14H22BrN3O2/c1-5-7-18-13(19)12(15)11(9-17-18)16-10-14(2,3)6-8-20-4/h5,9,16H,1,6-8,10H2,2-4H3. The normalized spacial score (nSPS) is 11.4. The molecular formula is C14H22BrN3O2. The number of ether oxygens (including phenoxy) is 1. The van der Waals surface area contributed by atoms with Crippen LogP contribution in [0.5, 0.6) is 0 Å². The molecule has 0 aromatic carbocycles. The van der Waals surface area contributed by atoms with E-state index in [0.29, 0.717) is 16.7 Å². The van der Waals surface area contributed by atoms with E-state index in [-0.39, 0.29) is 11.0 Å². The molecule has 0 radical (unpaired) electrons. The van der Waals surface area contributed by atoms with Crippen molar-refractivity contribution in [1.29, 1.82) is 0 Å². The van der Waals surface area contributed by atoms with E-state index in [1.165, 1.54) is 4.68 Å². The van der Waals surface area contributed by atoms with Gasteiger partial charge in [-0.3, -0.25) is 4.79 Å². The molecule has 0 bridgehead atoms. The van der Waals surface area contributed by atoms with Crippen LogP contribution in [0.15, 0.2) is 28.1 Å². The minimum atomic E-state index is -0.162. The summed E-state index contributed by atoms with van der Waals surface area (Å²) in [5.41, 5.74) is 0.621. The van der Waals surface area contributed by atoms with E-state index >= 15 is 0 Å². The van der Waals surface area contributed by atoms with Crippen LogP contribution in [0.4, 0.5) is 5.69 Å². The second-order valence-corrected chi connectivity index (χ2v) is 6.20. The van der Waals surface area contributed by atoms with Crippen LogP contribution in [0.1, 0.15) is 20.3 Å². The fourth-order valence-corrected chi connectivity index (χ4v) is 2.09. The molecule has 1 rings (SSSR count). The van der Waals surface area contributed by atoms with Gasteiger partial charge in [-0.25, -0.2) is 4.68 Å². The highest BCUT2D eigenvalue weighted by molar-refractivity contribution is 9.10. The fraction of sp³-hybridized carbons (Fsp3) is 0.571. The van der Waals surface area contributed by atoms with Gasteiger partial charge in [-0.2, -0.15) is 5.10 Å². The number of nitrogens with zero attached hydrogens (tertiary/aromatic N) is 2. The maximum absolute atomic E-state index is 12.0. The molecule has 1 N–H and O–H groups in total. The van der Waals surface area contributed by atoms with Gasteiger partial charge >= 0.3 is 0 Å². The Morgan fingerprint density at radius 2 is 2.30 bits per heavy atom. The predicted octanol–water partition coefficient (Wildman–Crippen LogP) is 2.67. The summed E-state index contributed by atoms with van der Waals surface area (Å²) in [5, 5.41) is 7.38. The van der Waals surface area contributed by atoms with Crippen LogP contribution in [0.25, 0.3) is 0 Å². The van der Waals surface area contributed by atoms with Crippen LogP contribution in [-0.4, -0.2) is 30.0 Å². The Bertz CT molecular complexity index is 512. The third-order valence-electron chi connectivity index (χ3n) is 3.03. The predicted molar refractivity (Wildman–Crippen MR) is 85.2 cm³/mol. The topological polar surface area (TPSA) is 56.1 Å². The molecule has 0 aliphatic heterocycles. The average molecular weight is 344 g/mol. The summed E-state index contributed by atoms with van der Waals surface area (Å²) in [6.07, 6.45) is 4.23. The number of anilines is 1. The number of aromatic nitrogens is 2. The maximum Gasteiger partial charge on any atom is 0.283 e. The number of hydrogen-bond acceptors (Lipinski definition) is 4. The van der Waals surface area contributed by atoms with Gasteiger partial charge in [-0.1, -0.05) is 19.9 Å². The van der Waals surface area contributed by atoms with Crippen LogP contribution in [0, 0.1) is 5.41 Å². The van der Waals surface area contributed by atoms with Gasteiger partial charge in [0.2, 0.25) is 0 Å². The lowest BCUT2D eigenvalue weighted by Gasteiger charge is -2.25. The Hall–Kier alpha value is -1.14. The van der Waals surface area contributed by atoms with Gasteiger partial charge in [0.25, 0.3) is 5.56 Å². The molecule has 112 valence electrons. The molecule has 0 saturated heterocycles. The van der Waals surface area contributed by atoms with Crippen molar-refractivity contribution >= 4 is 21.6 Å². The monoisotopic (exact) mass is 343 g/mol. The fourth-order valence-electron chi connectivity index (χ4n) is 1.64. The number of rotatable bonds is 8. The molecule has 20 heavy (non-hydrogen) atoms. The molecule has 0 fully saturated rings. The van der Waals surface area contributed by atoms with Gasteiger partial charge in [0, 0.05) is 20.3 Å². The zero-order chi connectivity index (χ0) is 15.2. The van der Waals surface area contributed by atoms with Gasteiger partial charge in [-0.05, 0) is 27.8 Å². The number of halogens is 1. The van der Waals surface area contributed by atoms with E-state index < -0.39 is 0 Å². The quantitative estimate of drug-likeness (QED) is 0.737. The average Bonchev–Trinajstić information content (AvgIpc) is 2.41. The third-order valence-corrected chi connectivity index (χ3v) is 3.79. The first-order chi connectivity index (χ1) is 9.41. The van der Waals surface area contributed by atoms with Crippen LogP contribution >= 0.6 is 15.9 Å². The highest BCUT2D eigenvalue weighted by Gasteiger charge is 2.18. The lowest BCUT2D eigenvalue weighted by molar-refractivity contribution is 0.157. The van der Waals surface area contributed by atoms with Gasteiger partial charge in [0.15, 0.2) is 0 Å². The van der Waals surface area contributed by atoms with Crippen molar-refractivity contribution in [3.63, 3.8) is 0 Å². The Morgan fingerprint density at radius 3 is 2.90 bits per heavy atom. The second kappa shape index (κ2) is 7.59. The molecule has 0 aliphatic rings. The van der Waals surface area contributed by atoms with Crippen molar-refractivity contribution in [3.8, 4) is 0 Å². The van der Waals surface area contributed by atoms with E-state index in [0.717, 1.165) is 19.6 Å². The number of methoxy groups -OCH3 is 1. The summed E-state index contributed by atoms with van der Waals surface area (Å²) in [4.78, 5) is 12.0. The van der Waals surface area contributed by atoms with Gasteiger partial charge < -0.3 is 10.1 Å². The lowest BCUT2D eigenvalue weighted by atomic mass is 9.89. The Labute approximate surface area is 128 Å². The van der Waals surface area contributed by atoms with Gasteiger partial charge in [0.1, 0.15) is 4.47 Å². The van der Waals surface area contributed by atoms with Crippen LogP contribution in [0.3, 0.4) is 0 Å². The molecule has 1 aromatic rings. The highest BCUT2D eigenvalue weighted by Crippen LogP contribution is 2.23. The van der Waals surface area contributed by atoms with Crippen LogP contribution in [-0.2, 0) is 11.3 Å². The summed E-state index contributed by atoms with van der Waals surface area (Å²) in [5.74, 6) is 0. The zero-order valence-corrected chi connectivity index (χ0v) is 13.9. The summed E-state index contributed by atoms with van der Waals surface area (Å²) in [7, 11) is 1.70. The van der Waals surface area contributed by atoms with E-state index in [1.807, 2.05) is 0 Å². The largest absolute Gasteiger partial charge is 0.385 e. The smallest absolute Gasteiger partial charge is 0.283 e. The zero-order valence-electron chi connectivity index (χ0n) is 12.3. The SMILES string of the molecule is C=CCn1ncc(NCC(C)(C)CCOC)c(Br)c1=O. The molecule has 0 spiro atoms. The Balaban J connectivity index is 2.76. The first-order valence-corrected chi connectivity index (χ1v) is 7.30. The van der Waals surface area contributed by atoms with Gasteiger partial charge in [0.05, 0.1) is 18.4 Å². The molecule has 0 atom stereocenters. The number of allylic oxidation sites excluding steroid dienone is 1. The molecule has 5 nitrogen and oxygen atoms in total. The van der Waals surface area contributed by atoms with Crippen molar-refractivity contribution in [2.75, 3.05) is 25.6 Å².